The number of aliphatic hydroxyl groups is 1. The van der Waals surface area contributed by atoms with Gasteiger partial charge >= 0.3 is 0 Å². The van der Waals surface area contributed by atoms with Crippen molar-refractivity contribution in [2.45, 2.75) is 45.3 Å². The zero-order valence-corrected chi connectivity index (χ0v) is 13.1. The van der Waals surface area contributed by atoms with Crippen LogP contribution in [-0.2, 0) is 4.79 Å². The van der Waals surface area contributed by atoms with Crippen LogP contribution in [0.5, 0.6) is 0 Å². The molecular weight excluding hydrogens is 254 g/mol. The zero-order chi connectivity index (χ0) is 14.8. The van der Waals surface area contributed by atoms with Crippen LogP contribution in [0.25, 0.3) is 0 Å². The third kappa shape index (κ3) is 4.17. The van der Waals surface area contributed by atoms with Gasteiger partial charge in [0.25, 0.3) is 0 Å². The molecule has 2 heterocycles. The molecule has 0 aromatic rings. The average molecular weight is 283 g/mol. The normalized spacial score (nSPS) is 29.5. The van der Waals surface area contributed by atoms with Gasteiger partial charge in [-0.05, 0) is 40.2 Å². The summed E-state index contributed by atoms with van der Waals surface area (Å²) in [5.74, 6) is 0.456. The van der Waals surface area contributed by atoms with Gasteiger partial charge in [0.15, 0.2) is 0 Å². The Bertz CT molecular complexity index is 333. The lowest BCUT2D eigenvalue weighted by Gasteiger charge is -2.40. The van der Waals surface area contributed by atoms with E-state index in [2.05, 4.69) is 17.1 Å². The molecule has 116 valence electrons. The van der Waals surface area contributed by atoms with Crippen LogP contribution in [0.4, 0.5) is 0 Å². The summed E-state index contributed by atoms with van der Waals surface area (Å²) in [5.41, 5.74) is -0.659. The van der Waals surface area contributed by atoms with Crippen molar-refractivity contribution in [1.82, 2.24) is 15.1 Å². The van der Waals surface area contributed by atoms with Gasteiger partial charge in [-0.1, -0.05) is 0 Å². The minimum absolute atomic E-state index is 0.143. The van der Waals surface area contributed by atoms with E-state index in [1.807, 2.05) is 18.7 Å². The number of nitrogens with zero attached hydrogens (tertiary/aromatic N) is 2. The lowest BCUT2D eigenvalue weighted by Crippen LogP contribution is -2.55. The number of β-amino-alcohol motifs (C(OH)–C–C–N with tert-alkyl or cyclic N) is 1. The predicted octanol–water partition coefficient (Wildman–Crippen LogP) is 0.290. The smallest absolute Gasteiger partial charge is 0.227 e. The van der Waals surface area contributed by atoms with Crippen LogP contribution in [-0.4, -0.2) is 71.7 Å². The fraction of sp³-hybridized carbons (Fsp3) is 0.933. The topological polar surface area (TPSA) is 55.8 Å². The Morgan fingerprint density at radius 2 is 1.95 bits per heavy atom. The third-order valence-corrected chi connectivity index (χ3v) is 4.37. The Balaban J connectivity index is 1.82. The molecule has 2 fully saturated rings. The molecule has 2 unspecified atom stereocenters. The summed E-state index contributed by atoms with van der Waals surface area (Å²) in [6.45, 7) is 10.8. The van der Waals surface area contributed by atoms with E-state index in [-0.39, 0.29) is 5.92 Å². The maximum absolute atomic E-state index is 12.6. The van der Waals surface area contributed by atoms with Crippen molar-refractivity contribution in [2.75, 3.05) is 39.3 Å². The van der Waals surface area contributed by atoms with Crippen molar-refractivity contribution in [3.63, 3.8) is 0 Å². The molecule has 2 saturated heterocycles. The summed E-state index contributed by atoms with van der Waals surface area (Å²) in [4.78, 5) is 16.8. The Morgan fingerprint density at radius 3 is 2.50 bits per heavy atom. The number of amides is 1. The molecule has 2 atom stereocenters. The average Bonchev–Trinajstić information content (AvgIpc) is 2.37. The molecule has 5 heteroatoms. The SMILES string of the molecule is CC1NCCCC1C(=O)N1CCN(CC(C)(C)O)CC1. The highest BCUT2D eigenvalue weighted by atomic mass is 16.3. The Labute approximate surface area is 122 Å². The molecule has 0 aromatic carbocycles. The monoisotopic (exact) mass is 283 g/mol. The van der Waals surface area contributed by atoms with Crippen molar-refractivity contribution in [3.05, 3.63) is 0 Å². The standard InChI is InChI=1S/C15H29N3O2/c1-12-13(5-4-6-16-12)14(19)18-9-7-17(8-10-18)11-15(2,3)20/h12-13,16,20H,4-11H2,1-3H3. The third-order valence-electron chi connectivity index (χ3n) is 4.37. The first-order valence-corrected chi connectivity index (χ1v) is 7.84. The van der Waals surface area contributed by atoms with Crippen LogP contribution < -0.4 is 5.32 Å². The van der Waals surface area contributed by atoms with Crippen molar-refractivity contribution in [3.8, 4) is 0 Å². The number of nitrogens with one attached hydrogen (secondary N) is 1. The summed E-state index contributed by atoms with van der Waals surface area (Å²) < 4.78 is 0. The molecule has 0 aliphatic carbocycles. The van der Waals surface area contributed by atoms with Gasteiger partial charge in [0.1, 0.15) is 0 Å². The van der Waals surface area contributed by atoms with Gasteiger partial charge in [0, 0.05) is 38.8 Å². The van der Waals surface area contributed by atoms with Gasteiger partial charge in [-0.25, -0.2) is 0 Å². The number of piperidine rings is 1. The molecule has 1 amide bonds. The first kappa shape index (κ1) is 15.7. The minimum Gasteiger partial charge on any atom is -0.389 e. The van der Waals surface area contributed by atoms with E-state index in [1.54, 1.807) is 0 Å². The lowest BCUT2D eigenvalue weighted by molar-refractivity contribution is -0.139. The zero-order valence-electron chi connectivity index (χ0n) is 13.1. The fourth-order valence-electron chi connectivity index (χ4n) is 3.29. The molecule has 20 heavy (non-hydrogen) atoms. The molecule has 2 aliphatic heterocycles. The van der Waals surface area contributed by atoms with Crippen LogP contribution >= 0.6 is 0 Å². The van der Waals surface area contributed by atoms with E-state index in [4.69, 9.17) is 0 Å². The molecule has 0 spiro atoms. The largest absolute Gasteiger partial charge is 0.389 e. The van der Waals surface area contributed by atoms with Gasteiger partial charge in [-0.3, -0.25) is 9.69 Å². The second-order valence-electron chi connectivity index (χ2n) is 6.91. The maximum Gasteiger partial charge on any atom is 0.227 e. The van der Waals surface area contributed by atoms with Crippen LogP contribution in [0.1, 0.15) is 33.6 Å². The van der Waals surface area contributed by atoms with Crippen molar-refractivity contribution in [1.29, 1.82) is 0 Å². The summed E-state index contributed by atoms with van der Waals surface area (Å²) in [5, 5.41) is 13.3. The van der Waals surface area contributed by atoms with Gasteiger partial charge < -0.3 is 15.3 Å². The van der Waals surface area contributed by atoms with Crippen LogP contribution in [0.15, 0.2) is 0 Å². The van der Waals surface area contributed by atoms with Crippen molar-refractivity contribution in [2.24, 2.45) is 5.92 Å². The molecule has 0 saturated carbocycles. The number of carbonyl (C=O) groups is 1. The van der Waals surface area contributed by atoms with E-state index in [9.17, 15) is 9.90 Å². The van der Waals surface area contributed by atoms with Gasteiger partial charge in [0.2, 0.25) is 5.91 Å². The number of carbonyl (C=O) groups excluding carboxylic acids is 1. The summed E-state index contributed by atoms with van der Waals surface area (Å²) in [7, 11) is 0. The van der Waals surface area contributed by atoms with Gasteiger partial charge in [0.05, 0.1) is 11.5 Å². The van der Waals surface area contributed by atoms with E-state index in [0.717, 1.165) is 45.6 Å². The van der Waals surface area contributed by atoms with Crippen LogP contribution in [0.2, 0.25) is 0 Å². The number of hydrogen-bond acceptors (Lipinski definition) is 4. The Morgan fingerprint density at radius 1 is 1.30 bits per heavy atom. The quantitative estimate of drug-likeness (QED) is 0.782. The highest BCUT2D eigenvalue weighted by molar-refractivity contribution is 5.79. The van der Waals surface area contributed by atoms with Crippen molar-refractivity contribution < 1.29 is 9.90 Å². The van der Waals surface area contributed by atoms with E-state index in [1.165, 1.54) is 0 Å². The Kier molecular flexibility index (Phi) is 5.04. The molecule has 2 rings (SSSR count). The molecule has 5 nitrogen and oxygen atoms in total. The highest BCUT2D eigenvalue weighted by Crippen LogP contribution is 2.20. The van der Waals surface area contributed by atoms with Crippen LogP contribution in [0.3, 0.4) is 0 Å². The number of piperazine rings is 1. The van der Waals surface area contributed by atoms with Gasteiger partial charge in [-0.15, -0.1) is 0 Å². The molecule has 2 N–H and O–H groups in total. The Hall–Kier alpha value is -0.650. The minimum atomic E-state index is -0.659. The van der Waals surface area contributed by atoms with Gasteiger partial charge in [-0.2, -0.15) is 0 Å². The van der Waals surface area contributed by atoms with E-state index >= 15 is 0 Å². The second kappa shape index (κ2) is 6.41. The fourth-order valence-corrected chi connectivity index (χ4v) is 3.29. The van der Waals surface area contributed by atoms with E-state index < -0.39 is 5.60 Å². The molecule has 0 aromatic heterocycles. The number of hydrogen-bond donors (Lipinski definition) is 2. The first-order valence-electron chi connectivity index (χ1n) is 7.84. The molecule has 2 aliphatic rings. The maximum atomic E-state index is 12.6. The highest BCUT2D eigenvalue weighted by Gasteiger charge is 2.33. The summed E-state index contributed by atoms with van der Waals surface area (Å²) in [6.07, 6.45) is 2.11. The lowest BCUT2D eigenvalue weighted by atomic mass is 9.90. The molecule has 0 radical (unpaired) electrons. The van der Waals surface area contributed by atoms with E-state index in [0.29, 0.717) is 18.5 Å². The predicted molar refractivity (Wildman–Crippen MR) is 79.5 cm³/mol. The second-order valence-corrected chi connectivity index (χ2v) is 6.91. The number of rotatable bonds is 3. The summed E-state index contributed by atoms with van der Waals surface area (Å²) >= 11 is 0. The van der Waals surface area contributed by atoms with Crippen molar-refractivity contribution >= 4 is 5.91 Å². The molecule has 0 bridgehead atoms. The van der Waals surface area contributed by atoms with Crippen LogP contribution in [0, 0.1) is 5.92 Å². The summed E-state index contributed by atoms with van der Waals surface area (Å²) in [6, 6.07) is 0.297. The molecular formula is C15H29N3O2. The first-order chi connectivity index (χ1) is 9.37.